The highest BCUT2D eigenvalue weighted by Gasteiger charge is 2.35. The van der Waals surface area contributed by atoms with Crippen molar-refractivity contribution in [2.45, 2.75) is 71.8 Å². The van der Waals surface area contributed by atoms with E-state index in [0.717, 1.165) is 25.6 Å². The minimum Gasteiger partial charge on any atom is -0.373 e. The molecular formula is C16H33NO. The smallest absolute Gasteiger partial charge is 0.0806 e. The Morgan fingerprint density at radius 1 is 1.22 bits per heavy atom. The van der Waals surface area contributed by atoms with E-state index in [2.05, 4.69) is 33.0 Å². The van der Waals surface area contributed by atoms with Crippen LogP contribution in [0.2, 0.25) is 0 Å². The Kier molecular flexibility index (Phi) is 7.25. The number of ether oxygens (including phenoxy) is 1. The molecular weight excluding hydrogens is 222 g/mol. The Morgan fingerprint density at radius 3 is 2.39 bits per heavy atom. The molecule has 0 amide bonds. The fraction of sp³-hybridized carbons (Fsp3) is 1.00. The van der Waals surface area contributed by atoms with Gasteiger partial charge in [0.2, 0.25) is 0 Å². The Labute approximate surface area is 114 Å². The van der Waals surface area contributed by atoms with E-state index in [1.165, 1.54) is 38.5 Å². The topological polar surface area (TPSA) is 21.3 Å². The van der Waals surface area contributed by atoms with Crippen LogP contribution in [0, 0.1) is 11.8 Å². The first-order valence-corrected chi connectivity index (χ1v) is 7.96. The zero-order valence-corrected chi connectivity index (χ0v) is 12.9. The molecule has 0 aliphatic heterocycles. The zero-order chi connectivity index (χ0) is 13.4. The molecule has 0 saturated heterocycles. The first kappa shape index (κ1) is 16.0. The lowest BCUT2D eigenvalue weighted by atomic mass is 9.77. The SMILES string of the molecule is CCCC1CCC(CNCC)(OCC(C)C)CC1. The zero-order valence-electron chi connectivity index (χ0n) is 12.9. The van der Waals surface area contributed by atoms with Gasteiger partial charge in [0.25, 0.3) is 0 Å². The van der Waals surface area contributed by atoms with Crippen molar-refractivity contribution in [3.05, 3.63) is 0 Å². The predicted octanol–water partition coefficient (Wildman–Crippen LogP) is 4.00. The number of nitrogens with one attached hydrogen (secondary N) is 1. The molecule has 1 fully saturated rings. The van der Waals surface area contributed by atoms with E-state index in [1.54, 1.807) is 0 Å². The molecule has 1 saturated carbocycles. The largest absolute Gasteiger partial charge is 0.373 e. The van der Waals surface area contributed by atoms with E-state index in [4.69, 9.17) is 4.74 Å². The van der Waals surface area contributed by atoms with Crippen LogP contribution in [0.3, 0.4) is 0 Å². The minimum atomic E-state index is 0.129. The van der Waals surface area contributed by atoms with Crippen LogP contribution in [-0.2, 0) is 4.74 Å². The maximum Gasteiger partial charge on any atom is 0.0806 e. The molecule has 0 atom stereocenters. The van der Waals surface area contributed by atoms with Gasteiger partial charge in [0.15, 0.2) is 0 Å². The Hall–Kier alpha value is -0.0800. The van der Waals surface area contributed by atoms with Crippen molar-refractivity contribution >= 4 is 0 Å². The first-order valence-electron chi connectivity index (χ1n) is 7.96. The molecule has 0 heterocycles. The average molecular weight is 255 g/mol. The van der Waals surface area contributed by atoms with Crippen molar-refractivity contribution in [2.24, 2.45) is 11.8 Å². The van der Waals surface area contributed by atoms with Gasteiger partial charge in [0.05, 0.1) is 5.60 Å². The fourth-order valence-electron chi connectivity index (χ4n) is 2.97. The van der Waals surface area contributed by atoms with Crippen molar-refractivity contribution in [2.75, 3.05) is 19.7 Å². The number of hydrogen-bond donors (Lipinski definition) is 1. The van der Waals surface area contributed by atoms with Gasteiger partial charge in [-0.25, -0.2) is 0 Å². The summed E-state index contributed by atoms with van der Waals surface area (Å²) in [7, 11) is 0. The highest BCUT2D eigenvalue weighted by molar-refractivity contribution is 4.89. The Bertz CT molecular complexity index is 207. The summed E-state index contributed by atoms with van der Waals surface area (Å²) in [5.41, 5.74) is 0.129. The number of hydrogen-bond acceptors (Lipinski definition) is 2. The molecule has 1 rings (SSSR count). The maximum absolute atomic E-state index is 6.30. The number of rotatable bonds is 8. The Balaban J connectivity index is 2.46. The van der Waals surface area contributed by atoms with Crippen molar-refractivity contribution in [1.29, 1.82) is 0 Å². The third kappa shape index (κ3) is 5.27. The summed E-state index contributed by atoms with van der Waals surface area (Å²) in [6.07, 6.45) is 7.95. The third-order valence-electron chi connectivity index (χ3n) is 4.13. The normalized spacial score (nSPS) is 28.8. The quantitative estimate of drug-likeness (QED) is 0.708. The third-order valence-corrected chi connectivity index (χ3v) is 4.13. The summed E-state index contributed by atoms with van der Waals surface area (Å²) in [6.45, 7) is 12.0. The second-order valence-corrected chi connectivity index (χ2v) is 6.40. The van der Waals surface area contributed by atoms with E-state index in [0.29, 0.717) is 5.92 Å². The van der Waals surface area contributed by atoms with Gasteiger partial charge in [-0.1, -0.05) is 40.5 Å². The van der Waals surface area contributed by atoms with Gasteiger partial charge in [-0.15, -0.1) is 0 Å². The molecule has 0 spiro atoms. The molecule has 2 heteroatoms. The average Bonchev–Trinajstić information content (AvgIpc) is 2.37. The second kappa shape index (κ2) is 8.16. The lowest BCUT2D eigenvalue weighted by Crippen LogP contribution is -2.46. The monoisotopic (exact) mass is 255 g/mol. The summed E-state index contributed by atoms with van der Waals surface area (Å²) in [6, 6.07) is 0. The van der Waals surface area contributed by atoms with Crippen molar-refractivity contribution in [3.63, 3.8) is 0 Å². The number of likely N-dealkylation sites (N-methyl/N-ethyl adjacent to an activating group) is 1. The summed E-state index contributed by atoms with van der Waals surface area (Å²) >= 11 is 0. The van der Waals surface area contributed by atoms with Crippen LogP contribution in [0.4, 0.5) is 0 Å². The summed E-state index contributed by atoms with van der Waals surface area (Å²) in [4.78, 5) is 0. The standard InChI is InChI=1S/C16H33NO/c1-5-7-15-8-10-16(11-9-15,13-17-6-2)18-12-14(3)4/h14-15,17H,5-13H2,1-4H3. The van der Waals surface area contributed by atoms with E-state index >= 15 is 0 Å². The fourth-order valence-corrected chi connectivity index (χ4v) is 2.97. The molecule has 0 aromatic carbocycles. The van der Waals surface area contributed by atoms with E-state index in [9.17, 15) is 0 Å². The van der Waals surface area contributed by atoms with Gasteiger partial charge in [0, 0.05) is 13.2 Å². The molecule has 0 aromatic rings. The summed E-state index contributed by atoms with van der Waals surface area (Å²) in [5, 5.41) is 3.50. The molecule has 18 heavy (non-hydrogen) atoms. The molecule has 0 radical (unpaired) electrons. The lowest BCUT2D eigenvalue weighted by Gasteiger charge is -2.41. The van der Waals surface area contributed by atoms with Crippen molar-refractivity contribution < 1.29 is 4.74 Å². The summed E-state index contributed by atoms with van der Waals surface area (Å²) in [5.74, 6) is 1.59. The van der Waals surface area contributed by atoms with E-state index in [-0.39, 0.29) is 5.60 Å². The van der Waals surface area contributed by atoms with E-state index < -0.39 is 0 Å². The predicted molar refractivity (Wildman–Crippen MR) is 78.9 cm³/mol. The van der Waals surface area contributed by atoms with Gasteiger partial charge < -0.3 is 10.1 Å². The van der Waals surface area contributed by atoms with Crippen molar-refractivity contribution in [3.8, 4) is 0 Å². The van der Waals surface area contributed by atoms with Crippen LogP contribution in [0.25, 0.3) is 0 Å². The molecule has 1 aliphatic rings. The molecule has 1 N–H and O–H groups in total. The molecule has 2 nitrogen and oxygen atoms in total. The van der Waals surface area contributed by atoms with Crippen LogP contribution in [0.5, 0.6) is 0 Å². The van der Waals surface area contributed by atoms with Gasteiger partial charge in [0.1, 0.15) is 0 Å². The van der Waals surface area contributed by atoms with Crippen LogP contribution in [0.15, 0.2) is 0 Å². The van der Waals surface area contributed by atoms with Crippen LogP contribution >= 0.6 is 0 Å². The van der Waals surface area contributed by atoms with Crippen LogP contribution in [0.1, 0.15) is 66.2 Å². The van der Waals surface area contributed by atoms with Crippen LogP contribution < -0.4 is 5.32 Å². The molecule has 108 valence electrons. The Morgan fingerprint density at radius 2 is 1.89 bits per heavy atom. The van der Waals surface area contributed by atoms with Gasteiger partial charge in [-0.05, 0) is 44.1 Å². The minimum absolute atomic E-state index is 0.129. The molecule has 0 unspecified atom stereocenters. The molecule has 0 aromatic heterocycles. The van der Waals surface area contributed by atoms with Gasteiger partial charge in [-0.3, -0.25) is 0 Å². The lowest BCUT2D eigenvalue weighted by molar-refractivity contribution is -0.0857. The highest BCUT2D eigenvalue weighted by atomic mass is 16.5. The van der Waals surface area contributed by atoms with Crippen LogP contribution in [-0.4, -0.2) is 25.3 Å². The highest BCUT2D eigenvalue weighted by Crippen LogP contribution is 2.36. The van der Waals surface area contributed by atoms with E-state index in [1.807, 2.05) is 0 Å². The first-order chi connectivity index (χ1) is 8.62. The van der Waals surface area contributed by atoms with Crippen molar-refractivity contribution in [1.82, 2.24) is 5.32 Å². The molecule has 0 bridgehead atoms. The second-order valence-electron chi connectivity index (χ2n) is 6.40. The van der Waals surface area contributed by atoms with Gasteiger partial charge >= 0.3 is 0 Å². The molecule has 1 aliphatic carbocycles. The maximum atomic E-state index is 6.30. The summed E-state index contributed by atoms with van der Waals surface area (Å²) < 4.78 is 6.30. The van der Waals surface area contributed by atoms with Gasteiger partial charge in [-0.2, -0.15) is 0 Å².